The summed E-state index contributed by atoms with van der Waals surface area (Å²) in [5.41, 5.74) is 0.856. The van der Waals surface area contributed by atoms with Crippen LogP contribution in [0.5, 0.6) is 5.75 Å². The number of alkyl halides is 2. The lowest BCUT2D eigenvalue weighted by Gasteiger charge is -2.17. The molecule has 1 aromatic carbocycles. The Balaban J connectivity index is 1.80. The van der Waals surface area contributed by atoms with E-state index in [1.807, 2.05) is 0 Å². The first-order valence-electron chi connectivity index (χ1n) is 6.24. The molecule has 110 valence electrons. The number of azo groups is 1. The molecule has 0 radical (unpaired) electrons. The third-order valence-electron chi connectivity index (χ3n) is 3.20. The van der Waals surface area contributed by atoms with Crippen molar-refractivity contribution in [3.8, 4) is 5.75 Å². The number of ether oxygens (including phenoxy) is 1. The van der Waals surface area contributed by atoms with E-state index in [2.05, 4.69) is 20.1 Å². The zero-order valence-corrected chi connectivity index (χ0v) is 11.5. The van der Waals surface area contributed by atoms with E-state index in [9.17, 15) is 8.78 Å². The van der Waals surface area contributed by atoms with Crippen LogP contribution in [-0.4, -0.2) is 22.9 Å². The van der Waals surface area contributed by atoms with Gasteiger partial charge in [0.2, 0.25) is 0 Å². The van der Waals surface area contributed by atoms with Crippen molar-refractivity contribution in [1.82, 2.24) is 9.78 Å². The molecule has 2 aromatic rings. The minimum Gasteiger partial charge on any atom is -0.435 e. The van der Waals surface area contributed by atoms with Crippen LogP contribution in [0.4, 0.5) is 8.78 Å². The summed E-state index contributed by atoms with van der Waals surface area (Å²) in [6.45, 7) is -2.33. The lowest BCUT2D eigenvalue weighted by molar-refractivity contribution is -0.0498. The molecular weight excluding hydrogens is 302 g/mol. The molecule has 0 bridgehead atoms. The van der Waals surface area contributed by atoms with Crippen LogP contribution >= 0.6 is 11.6 Å². The predicted molar refractivity (Wildman–Crippen MR) is 71.8 cm³/mol. The summed E-state index contributed by atoms with van der Waals surface area (Å²) in [5.74, 6) is 0.113. The second kappa shape index (κ2) is 5.77. The smallest absolute Gasteiger partial charge is 0.387 e. The van der Waals surface area contributed by atoms with Gasteiger partial charge in [-0.05, 0) is 17.7 Å². The molecule has 0 saturated heterocycles. The molecule has 8 heteroatoms. The Morgan fingerprint density at radius 2 is 2.05 bits per heavy atom. The van der Waals surface area contributed by atoms with Crippen LogP contribution in [-0.2, 0) is 0 Å². The fourth-order valence-corrected chi connectivity index (χ4v) is 2.40. The van der Waals surface area contributed by atoms with E-state index in [4.69, 9.17) is 11.6 Å². The molecule has 5 nitrogen and oxygen atoms in total. The third-order valence-corrected chi connectivity index (χ3v) is 3.39. The van der Waals surface area contributed by atoms with E-state index in [1.54, 1.807) is 29.2 Å². The number of hydrogen-bond donors (Lipinski definition) is 0. The summed E-state index contributed by atoms with van der Waals surface area (Å²) in [6.07, 6.45) is 3.26. The SMILES string of the molecule is FC(F)Oc1ccc(C2N=NCC2n2cc(Cl)cn2)cc1. The van der Waals surface area contributed by atoms with Gasteiger partial charge in [0.25, 0.3) is 0 Å². The fourth-order valence-electron chi connectivity index (χ4n) is 2.26. The predicted octanol–water partition coefficient (Wildman–Crippen LogP) is 3.89. The normalized spacial score (nSPS) is 21.1. The van der Waals surface area contributed by atoms with Crippen molar-refractivity contribution < 1.29 is 13.5 Å². The Kier molecular flexibility index (Phi) is 3.83. The Hall–Kier alpha value is -2.02. The van der Waals surface area contributed by atoms with Crippen molar-refractivity contribution >= 4 is 11.6 Å². The van der Waals surface area contributed by atoms with Crippen LogP contribution in [0.25, 0.3) is 0 Å². The Bertz CT molecular complexity index is 644. The first-order valence-corrected chi connectivity index (χ1v) is 6.62. The summed E-state index contributed by atoms with van der Waals surface area (Å²) in [6, 6.07) is 6.08. The summed E-state index contributed by atoms with van der Waals surface area (Å²) in [5, 5.41) is 13.0. The molecule has 2 heterocycles. The van der Waals surface area contributed by atoms with Crippen molar-refractivity contribution in [3.05, 3.63) is 47.2 Å². The second-order valence-corrected chi connectivity index (χ2v) is 4.97. The number of nitrogens with zero attached hydrogens (tertiary/aromatic N) is 4. The van der Waals surface area contributed by atoms with Gasteiger partial charge >= 0.3 is 6.61 Å². The van der Waals surface area contributed by atoms with Gasteiger partial charge < -0.3 is 4.74 Å². The molecule has 2 unspecified atom stereocenters. The Morgan fingerprint density at radius 1 is 1.29 bits per heavy atom. The van der Waals surface area contributed by atoms with Gasteiger partial charge in [0.15, 0.2) is 0 Å². The van der Waals surface area contributed by atoms with Crippen molar-refractivity contribution in [2.24, 2.45) is 10.2 Å². The quantitative estimate of drug-likeness (QED) is 0.860. The lowest BCUT2D eigenvalue weighted by atomic mass is 10.0. The topological polar surface area (TPSA) is 51.8 Å². The molecule has 0 aliphatic carbocycles. The standard InChI is InChI=1S/C13H11ClF2N4O/c14-9-5-18-20(7-9)11-6-17-19-12(11)8-1-3-10(4-2-8)21-13(15)16/h1-5,7,11-13H,6H2. The molecule has 3 rings (SSSR count). The fraction of sp³-hybridized carbons (Fsp3) is 0.308. The van der Waals surface area contributed by atoms with Gasteiger partial charge in [-0.3, -0.25) is 4.68 Å². The molecule has 0 fully saturated rings. The van der Waals surface area contributed by atoms with Gasteiger partial charge in [0.05, 0.1) is 17.8 Å². The van der Waals surface area contributed by atoms with Crippen molar-refractivity contribution in [1.29, 1.82) is 0 Å². The summed E-state index contributed by atoms with van der Waals surface area (Å²) < 4.78 is 30.3. The van der Waals surface area contributed by atoms with Crippen molar-refractivity contribution in [2.75, 3.05) is 6.54 Å². The molecule has 1 aliphatic rings. The van der Waals surface area contributed by atoms with E-state index in [-0.39, 0.29) is 17.8 Å². The lowest BCUT2D eigenvalue weighted by Crippen LogP contribution is -2.16. The maximum absolute atomic E-state index is 12.1. The van der Waals surface area contributed by atoms with Gasteiger partial charge in [-0.15, -0.1) is 0 Å². The van der Waals surface area contributed by atoms with E-state index >= 15 is 0 Å². The van der Waals surface area contributed by atoms with E-state index in [0.29, 0.717) is 11.6 Å². The van der Waals surface area contributed by atoms with Crippen LogP contribution in [0.3, 0.4) is 0 Å². The van der Waals surface area contributed by atoms with Crippen LogP contribution < -0.4 is 4.74 Å². The number of benzene rings is 1. The molecule has 0 spiro atoms. The molecule has 0 amide bonds. The van der Waals surface area contributed by atoms with Gasteiger partial charge in [-0.1, -0.05) is 23.7 Å². The molecular formula is C13H11ClF2N4O. The number of hydrogen-bond acceptors (Lipinski definition) is 4. The average Bonchev–Trinajstić information content (AvgIpc) is 3.07. The number of rotatable bonds is 4. The highest BCUT2D eigenvalue weighted by Crippen LogP contribution is 2.36. The molecule has 1 aromatic heterocycles. The number of aromatic nitrogens is 2. The van der Waals surface area contributed by atoms with Crippen molar-refractivity contribution in [2.45, 2.75) is 18.7 Å². The van der Waals surface area contributed by atoms with E-state index in [1.165, 1.54) is 12.1 Å². The minimum absolute atomic E-state index is 0.0700. The number of halogens is 3. The molecule has 2 atom stereocenters. The summed E-state index contributed by atoms with van der Waals surface area (Å²) in [7, 11) is 0. The summed E-state index contributed by atoms with van der Waals surface area (Å²) in [4.78, 5) is 0. The van der Waals surface area contributed by atoms with Gasteiger partial charge in [-0.25, -0.2) is 0 Å². The zero-order valence-electron chi connectivity index (χ0n) is 10.7. The monoisotopic (exact) mass is 312 g/mol. The van der Waals surface area contributed by atoms with Crippen LogP contribution in [0.15, 0.2) is 46.9 Å². The van der Waals surface area contributed by atoms with Crippen LogP contribution in [0.1, 0.15) is 17.6 Å². The largest absolute Gasteiger partial charge is 0.435 e. The van der Waals surface area contributed by atoms with E-state index in [0.717, 1.165) is 5.56 Å². The maximum atomic E-state index is 12.1. The highest BCUT2D eigenvalue weighted by atomic mass is 35.5. The zero-order chi connectivity index (χ0) is 14.8. The van der Waals surface area contributed by atoms with E-state index < -0.39 is 6.61 Å². The maximum Gasteiger partial charge on any atom is 0.387 e. The summed E-state index contributed by atoms with van der Waals surface area (Å²) >= 11 is 5.87. The van der Waals surface area contributed by atoms with Crippen molar-refractivity contribution in [3.63, 3.8) is 0 Å². The van der Waals surface area contributed by atoms with Crippen LogP contribution in [0, 0.1) is 0 Å². The minimum atomic E-state index is -2.83. The highest BCUT2D eigenvalue weighted by molar-refractivity contribution is 6.30. The Labute approximate surface area is 124 Å². The first-order chi connectivity index (χ1) is 10.1. The van der Waals surface area contributed by atoms with Gasteiger partial charge in [-0.2, -0.15) is 24.1 Å². The Morgan fingerprint density at radius 3 is 2.67 bits per heavy atom. The third kappa shape index (κ3) is 3.02. The molecule has 0 N–H and O–H groups in total. The van der Waals surface area contributed by atoms with Gasteiger partial charge in [0.1, 0.15) is 17.8 Å². The van der Waals surface area contributed by atoms with Crippen LogP contribution in [0.2, 0.25) is 5.02 Å². The molecule has 21 heavy (non-hydrogen) atoms. The second-order valence-electron chi connectivity index (χ2n) is 4.54. The average molecular weight is 313 g/mol. The van der Waals surface area contributed by atoms with Gasteiger partial charge in [0, 0.05) is 6.20 Å². The highest BCUT2D eigenvalue weighted by Gasteiger charge is 2.29. The first kappa shape index (κ1) is 13.9. The molecule has 0 saturated carbocycles. The molecule has 1 aliphatic heterocycles.